The molecule has 0 radical (unpaired) electrons. The maximum atomic E-state index is 12.6. The van der Waals surface area contributed by atoms with Crippen LogP contribution in [0.15, 0.2) is 103 Å². The Kier molecular flexibility index (Phi) is 8.62. The lowest BCUT2D eigenvalue weighted by Gasteiger charge is -2.13. The molecule has 0 aliphatic heterocycles. The molecule has 2 amide bonds. The highest BCUT2D eigenvalue weighted by Crippen LogP contribution is 2.21. The zero-order valence-electron chi connectivity index (χ0n) is 20.4. The van der Waals surface area contributed by atoms with E-state index < -0.39 is 0 Å². The van der Waals surface area contributed by atoms with Gasteiger partial charge in [-0.25, -0.2) is 0 Å². The first kappa shape index (κ1) is 25.6. The van der Waals surface area contributed by atoms with Crippen LogP contribution in [-0.4, -0.2) is 23.5 Å². The van der Waals surface area contributed by atoms with Gasteiger partial charge in [-0.2, -0.15) is 0 Å². The normalized spacial score (nSPS) is 10.3. The molecule has 0 aliphatic rings. The summed E-state index contributed by atoms with van der Waals surface area (Å²) in [4.78, 5) is 25.0. The second-order valence-electron chi connectivity index (χ2n) is 8.37. The number of aryl methyl sites for hydroxylation is 1. The molecule has 0 bridgehead atoms. The summed E-state index contributed by atoms with van der Waals surface area (Å²) in [6.45, 7) is 2.44. The van der Waals surface area contributed by atoms with Gasteiger partial charge in [0.05, 0.1) is 6.61 Å². The second kappa shape index (κ2) is 12.5. The van der Waals surface area contributed by atoms with Gasteiger partial charge >= 0.3 is 0 Å². The molecule has 0 saturated carbocycles. The molecule has 0 fully saturated rings. The van der Waals surface area contributed by atoms with E-state index in [1.165, 1.54) is 5.56 Å². The summed E-state index contributed by atoms with van der Waals surface area (Å²) in [5.41, 5.74) is 4.50. The van der Waals surface area contributed by atoms with Crippen LogP contribution in [0.1, 0.15) is 31.8 Å². The molecule has 4 aromatic carbocycles. The molecule has 0 aromatic heterocycles. The van der Waals surface area contributed by atoms with E-state index in [4.69, 9.17) is 17.0 Å². The second-order valence-corrected chi connectivity index (χ2v) is 8.77. The van der Waals surface area contributed by atoms with Gasteiger partial charge in [0.1, 0.15) is 5.75 Å². The summed E-state index contributed by atoms with van der Waals surface area (Å²) < 4.78 is 5.78. The van der Waals surface area contributed by atoms with Crippen molar-refractivity contribution in [2.24, 2.45) is 0 Å². The van der Waals surface area contributed by atoms with E-state index in [-0.39, 0.29) is 16.9 Å². The molecule has 7 heteroatoms. The maximum absolute atomic E-state index is 12.6. The zero-order valence-corrected chi connectivity index (χ0v) is 21.2. The number of nitrogens with one attached hydrogen (secondary N) is 3. The Morgan fingerprint density at radius 2 is 1.41 bits per heavy atom. The number of rotatable bonds is 8. The number of carbonyl (C=O) groups excluding carboxylic acids is 2. The standard InChI is InChI=1S/C30H27N3O3S/c1-21-20-25(14-17-27(21)32-28(34)23-10-6-3-7-11-23)31-30(37)33-29(35)24-12-15-26(16-13-24)36-19-18-22-8-4-2-5-9-22/h2-17,20H,18-19H2,1H3,(H,32,34)(H2,31,33,35,37). The monoisotopic (exact) mass is 509 g/mol. The van der Waals surface area contributed by atoms with E-state index in [9.17, 15) is 9.59 Å². The van der Waals surface area contributed by atoms with E-state index in [1.807, 2.05) is 49.4 Å². The van der Waals surface area contributed by atoms with Crippen molar-refractivity contribution < 1.29 is 14.3 Å². The van der Waals surface area contributed by atoms with Gasteiger partial charge in [-0.15, -0.1) is 0 Å². The average molecular weight is 510 g/mol. The van der Waals surface area contributed by atoms with Gasteiger partial charge in [0.2, 0.25) is 0 Å². The minimum absolute atomic E-state index is 0.175. The fourth-order valence-corrected chi connectivity index (χ4v) is 3.85. The minimum atomic E-state index is -0.322. The lowest BCUT2D eigenvalue weighted by molar-refractivity contribution is 0.0976. The third-order valence-electron chi connectivity index (χ3n) is 5.61. The summed E-state index contributed by atoms with van der Waals surface area (Å²) in [7, 11) is 0. The number of hydrogen-bond acceptors (Lipinski definition) is 4. The Morgan fingerprint density at radius 3 is 2.08 bits per heavy atom. The number of ether oxygens (including phenoxy) is 1. The van der Waals surface area contributed by atoms with E-state index in [0.29, 0.717) is 34.9 Å². The summed E-state index contributed by atoms with van der Waals surface area (Å²) in [5.74, 6) is 0.194. The summed E-state index contributed by atoms with van der Waals surface area (Å²) in [5, 5.41) is 8.78. The van der Waals surface area contributed by atoms with Crippen molar-refractivity contribution in [1.29, 1.82) is 0 Å². The molecule has 0 atom stereocenters. The van der Waals surface area contributed by atoms with Crippen molar-refractivity contribution in [2.45, 2.75) is 13.3 Å². The quantitative estimate of drug-likeness (QED) is 0.254. The van der Waals surface area contributed by atoms with Crippen LogP contribution in [0.25, 0.3) is 0 Å². The molecule has 4 aromatic rings. The van der Waals surface area contributed by atoms with E-state index >= 15 is 0 Å². The Bertz CT molecular complexity index is 1370. The molecule has 0 spiro atoms. The topological polar surface area (TPSA) is 79.5 Å². The Hall–Kier alpha value is -4.49. The van der Waals surface area contributed by atoms with Gasteiger partial charge in [-0.1, -0.05) is 48.5 Å². The highest BCUT2D eigenvalue weighted by molar-refractivity contribution is 7.80. The van der Waals surface area contributed by atoms with Crippen LogP contribution in [0.4, 0.5) is 11.4 Å². The van der Waals surface area contributed by atoms with Crippen LogP contribution in [0.2, 0.25) is 0 Å². The van der Waals surface area contributed by atoms with Crippen molar-refractivity contribution in [3.63, 3.8) is 0 Å². The van der Waals surface area contributed by atoms with E-state index in [2.05, 4.69) is 28.1 Å². The van der Waals surface area contributed by atoms with Gasteiger partial charge in [0, 0.05) is 28.9 Å². The van der Waals surface area contributed by atoms with E-state index in [0.717, 1.165) is 12.0 Å². The first-order valence-corrected chi connectivity index (χ1v) is 12.2. The molecule has 6 nitrogen and oxygen atoms in total. The predicted molar refractivity (Wildman–Crippen MR) is 151 cm³/mol. The van der Waals surface area contributed by atoms with E-state index in [1.54, 1.807) is 48.5 Å². The molecule has 186 valence electrons. The number of thiocarbonyl (C=S) groups is 1. The van der Waals surface area contributed by atoms with Crippen molar-refractivity contribution in [3.05, 3.63) is 125 Å². The van der Waals surface area contributed by atoms with Crippen molar-refractivity contribution >= 4 is 40.5 Å². The molecule has 0 aliphatic carbocycles. The van der Waals surface area contributed by atoms with Crippen LogP contribution in [0.5, 0.6) is 5.75 Å². The van der Waals surface area contributed by atoms with Gasteiger partial charge in [-0.3, -0.25) is 14.9 Å². The third-order valence-corrected chi connectivity index (χ3v) is 5.82. The summed E-state index contributed by atoms with van der Waals surface area (Å²) >= 11 is 5.31. The first-order chi connectivity index (χ1) is 18.0. The van der Waals surface area contributed by atoms with Gasteiger partial charge in [-0.05, 0) is 84.9 Å². The molecule has 0 saturated heterocycles. The SMILES string of the molecule is Cc1cc(NC(=S)NC(=O)c2ccc(OCCc3ccccc3)cc2)ccc1NC(=O)c1ccccc1. The van der Waals surface area contributed by atoms with Crippen LogP contribution < -0.4 is 20.7 Å². The largest absolute Gasteiger partial charge is 0.493 e. The van der Waals surface area contributed by atoms with Crippen LogP contribution >= 0.6 is 12.2 Å². The fraction of sp³-hybridized carbons (Fsp3) is 0.100. The predicted octanol–water partition coefficient (Wildman–Crippen LogP) is 6.00. The Morgan fingerprint density at radius 1 is 0.757 bits per heavy atom. The van der Waals surface area contributed by atoms with Crippen LogP contribution in [0, 0.1) is 6.92 Å². The van der Waals surface area contributed by atoms with Crippen molar-refractivity contribution in [3.8, 4) is 5.75 Å². The summed E-state index contributed by atoms with van der Waals surface area (Å²) in [6.07, 6.45) is 0.808. The van der Waals surface area contributed by atoms with Crippen LogP contribution in [-0.2, 0) is 6.42 Å². The lowest BCUT2D eigenvalue weighted by atomic mass is 10.1. The fourth-order valence-electron chi connectivity index (χ4n) is 3.64. The Labute approximate surface area is 221 Å². The molecule has 3 N–H and O–H groups in total. The minimum Gasteiger partial charge on any atom is -0.493 e. The number of hydrogen-bond donors (Lipinski definition) is 3. The zero-order chi connectivity index (χ0) is 26.0. The smallest absolute Gasteiger partial charge is 0.257 e. The average Bonchev–Trinajstić information content (AvgIpc) is 2.91. The van der Waals surface area contributed by atoms with Crippen LogP contribution in [0.3, 0.4) is 0 Å². The Balaban J connectivity index is 1.26. The van der Waals surface area contributed by atoms with Gasteiger partial charge < -0.3 is 15.4 Å². The number of carbonyl (C=O) groups is 2. The molecule has 4 rings (SSSR count). The molecule has 0 heterocycles. The first-order valence-electron chi connectivity index (χ1n) is 11.8. The van der Waals surface area contributed by atoms with Crippen molar-refractivity contribution in [2.75, 3.05) is 17.2 Å². The molecule has 0 unspecified atom stereocenters. The molecular weight excluding hydrogens is 482 g/mol. The summed E-state index contributed by atoms with van der Waals surface area (Å²) in [6, 6.07) is 31.5. The number of anilines is 2. The maximum Gasteiger partial charge on any atom is 0.257 e. The lowest BCUT2D eigenvalue weighted by Crippen LogP contribution is -2.34. The van der Waals surface area contributed by atoms with Crippen molar-refractivity contribution in [1.82, 2.24) is 5.32 Å². The number of amides is 2. The number of benzene rings is 4. The van der Waals surface area contributed by atoms with Gasteiger partial charge in [0.15, 0.2) is 5.11 Å². The van der Waals surface area contributed by atoms with Gasteiger partial charge in [0.25, 0.3) is 11.8 Å². The highest BCUT2D eigenvalue weighted by Gasteiger charge is 2.11. The third kappa shape index (κ3) is 7.49. The highest BCUT2D eigenvalue weighted by atomic mass is 32.1. The molecule has 37 heavy (non-hydrogen) atoms. The molecular formula is C30H27N3O3S.